The van der Waals surface area contributed by atoms with Crippen molar-refractivity contribution in [2.45, 2.75) is 33.0 Å². The number of aromatic nitrogens is 2. The van der Waals surface area contributed by atoms with Gasteiger partial charge in [-0.15, -0.1) is 0 Å². The number of hydrogen-bond donors (Lipinski definition) is 1. The molecule has 6 heteroatoms. The van der Waals surface area contributed by atoms with Crippen LogP contribution in [-0.2, 0) is 13.2 Å². The molecule has 1 N–H and O–H groups in total. The van der Waals surface area contributed by atoms with Gasteiger partial charge in [0, 0.05) is 31.5 Å². The molecule has 2 aromatic carbocycles. The Bertz CT molecular complexity index is 1030. The number of carbonyl (C=O) groups excluding carboxylic acids is 1. The van der Waals surface area contributed by atoms with E-state index in [0.29, 0.717) is 18.2 Å². The summed E-state index contributed by atoms with van der Waals surface area (Å²) in [5, 5.41) is 2.64. The summed E-state index contributed by atoms with van der Waals surface area (Å²) in [5.74, 6) is 0.358. The van der Waals surface area contributed by atoms with Crippen LogP contribution in [0.25, 0.3) is 5.69 Å². The lowest BCUT2D eigenvalue weighted by atomic mass is 10.0. The minimum Gasteiger partial charge on any atom is -0.355 e. The van der Waals surface area contributed by atoms with Gasteiger partial charge in [-0.1, -0.05) is 44.2 Å². The molecule has 152 valence electrons. The van der Waals surface area contributed by atoms with Crippen LogP contribution in [0.15, 0.2) is 60.9 Å². The maximum atomic E-state index is 11.7. The van der Waals surface area contributed by atoms with E-state index in [1.54, 1.807) is 7.05 Å². The van der Waals surface area contributed by atoms with Crippen LogP contribution in [0.3, 0.4) is 0 Å². The third kappa shape index (κ3) is 4.83. The second kappa shape index (κ2) is 9.20. The first-order chi connectivity index (χ1) is 13.9. The number of para-hydroxylation sites is 1. The topological polar surface area (TPSA) is 42.2 Å². The predicted molar refractivity (Wildman–Crippen MR) is 120 cm³/mol. The highest BCUT2D eigenvalue weighted by atomic mass is 32.1. The van der Waals surface area contributed by atoms with Crippen molar-refractivity contribution in [3.8, 4) is 5.69 Å². The number of carbonyl (C=O) groups is 1. The van der Waals surface area contributed by atoms with E-state index in [1.165, 1.54) is 5.56 Å². The van der Waals surface area contributed by atoms with Crippen LogP contribution in [0.1, 0.15) is 41.3 Å². The van der Waals surface area contributed by atoms with Crippen LogP contribution < -0.4 is 5.32 Å². The molecule has 0 saturated heterocycles. The molecule has 0 unspecified atom stereocenters. The molecule has 1 heterocycles. The van der Waals surface area contributed by atoms with Crippen LogP contribution in [0, 0.1) is 4.77 Å². The highest BCUT2D eigenvalue weighted by Crippen LogP contribution is 2.23. The molecule has 3 aromatic rings. The second-order valence-corrected chi connectivity index (χ2v) is 7.93. The van der Waals surface area contributed by atoms with Gasteiger partial charge in [-0.05, 0) is 54.5 Å². The van der Waals surface area contributed by atoms with Crippen LogP contribution >= 0.6 is 12.2 Å². The van der Waals surface area contributed by atoms with E-state index in [9.17, 15) is 4.79 Å². The van der Waals surface area contributed by atoms with Gasteiger partial charge >= 0.3 is 0 Å². The summed E-state index contributed by atoms with van der Waals surface area (Å²) in [4.78, 5) is 13.9. The first-order valence-electron chi connectivity index (χ1n) is 9.77. The Labute approximate surface area is 177 Å². The molecule has 0 radical (unpaired) electrons. The van der Waals surface area contributed by atoms with Gasteiger partial charge in [-0.2, -0.15) is 0 Å². The number of benzene rings is 2. The number of hydrogen-bond acceptors (Lipinski definition) is 3. The van der Waals surface area contributed by atoms with E-state index >= 15 is 0 Å². The summed E-state index contributed by atoms with van der Waals surface area (Å²) >= 11 is 5.75. The summed E-state index contributed by atoms with van der Waals surface area (Å²) in [6.07, 6.45) is 4.07. The van der Waals surface area contributed by atoms with Crippen LogP contribution in [0.2, 0.25) is 0 Å². The summed E-state index contributed by atoms with van der Waals surface area (Å²) in [7, 11) is 3.70. The van der Waals surface area contributed by atoms with Crippen molar-refractivity contribution in [3.63, 3.8) is 0 Å². The highest BCUT2D eigenvalue weighted by molar-refractivity contribution is 7.71. The Morgan fingerprint density at radius 2 is 1.79 bits per heavy atom. The Hall–Kier alpha value is -2.70. The fourth-order valence-electron chi connectivity index (χ4n) is 3.43. The number of nitrogens with zero attached hydrogens (tertiary/aromatic N) is 3. The van der Waals surface area contributed by atoms with Crippen LogP contribution in [0.5, 0.6) is 0 Å². The first-order valence-corrected chi connectivity index (χ1v) is 10.2. The molecule has 0 saturated carbocycles. The number of imidazole rings is 1. The minimum absolute atomic E-state index is 0.0702. The minimum atomic E-state index is -0.0702. The zero-order valence-corrected chi connectivity index (χ0v) is 18.2. The molecule has 3 rings (SSSR count). The second-order valence-electron chi connectivity index (χ2n) is 7.57. The molecule has 0 fully saturated rings. The molecule has 0 spiro atoms. The molecular weight excluding hydrogens is 380 g/mol. The Morgan fingerprint density at radius 3 is 2.45 bits per heavy atom. The van der Waals surface area contributed by atoms with E-state index in [4.69, 9.17) is 12.2 Å². The van der Waals surface area contributed by atoms with Crippen molar-refractivity contribution in [1.82, 2.24) is 19.4 Å². The SMILES string of the molecule is CNC(=O)c1ccc(CN(C)Cn2ccn(-c3ccccc3C(C)C)c2=S)cc1. The maximum absolute atomic E-state index is 11.7. The molecule has 0 aliphatic rings. The standard InChI is InChI=1S/C23H28N4OS/c1-17(2)20-7-5-6-8-21(20)27-14-13-26(23(27)29)16-25(4)15-18-9-11-19(12-10-18)22(28)24-3/h5-14,17H,15-16H2,1-4H3,(H,24,28). The van der Waals surface area contributed by atoms with E-state index in [2.05, 4.69) is 64.5 Å². The molecule has 5 nitrogen and oxygen atoms in total. The molecule has 0 bridgehead atoms. The van der Waals surface area contributed by atoms with E-state index in [-0.39, 0.29) is 5.91 Å². The van der Waals surface area contributed by atoms with Gasteiger partial charge in [0.2, 0.25) is 0 Å². The number of amides is 1. The van der Waals surface area contributed by atoms with Gasteiger partial charge in [0.1, 0.15) is 0 Å². The predicted octanol–water partition coefficient (Wildman–Crippen LogP) is 4.58. The smallest absolute Gasteiger partial charge is 0.251 e. The Morgan fingerprint density at radius 1 is 1.10 bits per heavy atom. The zero-order valence-electron chi connectivity index (χ0n) is 17.4. The van der Waals surface area contributed by atoms with E-state index in [1.807, 2.05) is 36.7 Å². The lowest BCUT2D eigenvalue weighted by Gasteiger charge is -2.18. The lowest BCUT2D eigenvalue weighted by molar-refractivity contribution is 0.0963. The largest absolute Gasteiger partial charge is 0.355 e. The van der Waals surface area contributed by atoms with Gasteiger partial charge in [-0.25, -0.2) is 0 Å². The van der Waals surface area contributed by atoms with Gasteiger partial charge < -0.3 is 9.88 Å². The Kier molecular flexibility index (Phi) is 6.67. The maximum Gasteiger partial charge on any atom is 0.251 e. The molecule has 29 heavy (non-hydrogen) atoms. The molecular formula is C23H28N4OS. The third-order valence-electron chi connectivity index (χ3n) is 4.96. The molecule has 0 aliphatic heterocycles. The first kappa shape index (κ1) is 21.0. The fourth-order valence-corrected chi connectivity index (χ4v) is 3.70. The monoisotopic (exact) mass is 408 g/mol. The normalized spacial score (nSPS) is 11.2. The third-order valence-corrected chi connectivity index (χ3v) is 5.39. The quantitative estimate of drug-likeness (QED) is 0.582. The molecule has 0 atom stereocenters. The summed E-state index contributed by atoms with van der Waals surface area (Å²) in [6, 6.07) is 16.1. The molecule has 0 aliphatic carbocycles. The number of rotatable bonds is 7. The number of nitrogens with one attached hydrogen (secondary N) is 1. The lowest BCUT2D eigenvalue weighted by Crippen LogP contribution is -2.22. The summed E-state index contributed by atoms with van der Waals surface area (Å²) in [5.41, 5.74) is 4.24. The summed E-state index contributed by atoms with van der Waals surface area (Å²) < 4.78 is 4.93. The Balaban J connectivity index is 1.73. The highest BCUT2D eigenvalue weighted by Gasteiger charge is 2.11. The van der Waals surface area contributed by atoms with Gasteiger partial charge in [0.25, 0.3) is 5.91 Å². The van der Waals surface area contributed by atoms with Gasteiger partial charge in [0.15, 0.2) is 4.77 Å². The zero-order chi connectivity index (χ0) is 21.0. The van der Waals surface area contributed by atoms with E-state index < -0.39 is 0 Å². The fraction of sp³-hybridized carbons (Fsp3) is 0.304. The van der Waals surface area contributed by atoms with E-state index in [0.717, 1.165) is 22.6 Å². The van der Waals surface area contributed by atoms with Gasteiger partial charge in [-0.3, -0.25) is 14.3 Å². The molecule has 1 aromatic heterocycles. The van der Waals surface area contributed by atoms with Crippen molar-refractivity contribution in [3.05, 3.63) is 82.4 Å². The van der Waals surface area contributed by atoms with Gasteiger partial charge in [0.05, 0.1) is 12.4 Å². The van der Waals surface area contributed by atoms with Crippen molar-refractivity contribution < 1.29 is 4.79 Å². The van der Waals surface area contributed by atoms with Crippen LogP contribution in [0.4, 0.5) is 0 Å². The average molecular weight is 409 g/mol. The van der Waals surface area contributed by atoms with Crippen LogP contribution in [-0.4, -0.2) is 34.0 Å². The van der Waals surface area contributed by atoms with Crippen molar-refractivity contribution >= 4 is 18.1 Å². The molecule has 1 amide bonds. The summed E-state index contributed by atoms with van der Waals surface area (Å²) in [6.45, 7) is 5.85. The van der Waals surface area contributed by atoms with Crippen molar-refractivity contribution in [2.24, 2.45) is 0 Å². The van der Waals surface area contributed by atoms with Crippen molar-refractivity contribution in [1.29, 1.82) is 0 Å². The average Bonchev–Trinajstić information content (AvgIpc) is 3.07. The van der Waals surface area contributed by atoms with Crippen molar-refractivity contribution in [2.75, 3.05) is 14.1 Å².